The van der Waals surface area contributed by atoms with Crippen molar-refractivity contribution < 1.29 is 38.1 Å². The van der Waals surface area contributed by atoms with Gasteiger partial charge in [0.15, 0.2) is 5.82 Å². The molecule has 0 aliphatic carbocycles. The molecular formula is C61H72F2N10O6. The van der Waals surface area contributed by atoms with Crippen LogP contribution in [0.25, 0.3) is 38.5 Å². The second-order valence-electron chi connectivity index (χ2n) is 23.1. The Morgan fingerprint density at radius 1 is 0.949 bits per heavy atom. The largest absolute Gasteiger partial charge is 0.508 e. The first-order chi connectivity index (χ1) is 38.0. The van der Waals surface area contributed by atoms with Gasteiger partial charge in [0.2, 0.25) is 17.7 Å². The number of aromatic hydroxyl groups is 1. The number of piperazine rings is 1. The number of anilines is 1. The van der Waals surface area contributed by atoms with E-state index in [1.165, 1.54) is 34.7 Å². The van der Waals surface area contributed by atoms with Crippen molar-refractivity contribution in [3.63, 3.8) is 0 Å². The highest BCUT2D eigenvalue weighted by Crippen LogP contribution is 2.40. The van der Waals surface area contributed by atoms with Crippen LogP contribution in [0.5, 0.6) is 11.8 Å². The average molecular weight is 1080 g/mol. The number of piperidine rings is 1. The van der Waals surface area contributed by atoms with E-state index in [0.717, 1.165) is 94.2 Å². The Hall–Kier alpha value is -7.07. The summed E-state index contributed by atoms with van der Waals surface area (Å²) in [5.41, 5.74) is 3.53. The molecule has 4 unspecified atom stereocenters. The van der Waals surface area contributed by atoms with Gasteiger partial charge in [0.25, 0.3) is 0 Å². The summed E-state index contributed by atoms with van der Waals surface area (Å²) in [6.07, 6.45) is 17.4. The van der Waals surface area contributed by atoms with Gasteiger partial charge in [-0.05, 0) is 97.7 Å². The number of pyridine rings is 1. The number of hydrogen-bond donors (Lipinski definition) is 5. The fraction of sp³-hybridized carbons (Fsp3) is 0.492. The van der Waals surface area contributed by atoms with Crippen LogP contribution in [0.1, 0.15) is 121 Å². The molecule has 0 radical (unpaired) electrons. The molecule has 2 aromatic heterocycles. The minimum absolute atomic E-state index is 0.0149. The van der Waals surface area contributed by atoms with E-state index < -0.39 is 35.2 Å². The fourth-order valence-electron chi connectivity index (χ4n) is 12.1. The minimum Gasteiger partial charge on any atom is -0.508 e. The number of terminal acetylenes is 1. The number of aliphatic imine (C=N–C) groups is 1. The number of aromatic nitrogens is 3. The summed E-state index contributed by atoms with van der Waals surface area (Å²) in [5, 5.41) is 32.1. The standard InChI is InChI=1S/C61H72F2N10O6/c1-6-45-49(62)20-17-39-28-42(74)29-47(52(39)45)54-53(63)55-48(32-65-54)57(72-33-40-18-19-41(34-72)67-40)70-60(69-55)79-44-22-26-71(27-23-44)25-11-9-7-8-10-12-51(76)68-56(61(3,4)5)59(78)73-35-43(75)30-50(73)58(77)66-31-37-13-15-38(16-14-37)46-21-24-64-36(46)2/h1,13-17,20,24,28-29,32,40-41,43-44,50,56,67,74-75H,7-12,18-19,21-23,25-27,30-31,33-35H2,2-5H3,(H,66,77)(H,68,76)/t40?,41?,43-,50?,56?/m1/s1. The van der Waals surface area contributed by atoms with Crippen LogP contribution < -0.4 is 25.6 Å². The number of unbranched alkanes of at least 4 members (excludes halogenated alkanes) is 4. The van der Waals surface area contributed by atoms with Crippen LogP contribution in [0.2, 0.25) is 0 Å². The molecule has 79 heavy (non-hydrogen) atoms. The summed E-state index contributed by atoms with van der Waals surface area (Å²) in [6.45, 7) is 11.9. The topological polar surface area (TPSA) is 198 Å². The summed E-state index contributed by atoms with van der Waals surface area (Å²) in [5.74, 6) is 0.466. The van der Waals surface area contributed by atoms with Crippen molar-refractivity contribution in [3.8, 4) is 35.4 Å². The molecule has 4 fully saturated rings. The number of β-amino-alcohol motifs (C(OH)–C–C–N with tert-alkyl or cyclic N) is 1. The summed E-state index contributed by atoms with van der Waals surface area (Å²) >= 11 is 0. The Kier molecular flexibility index (Phi) is 16.6. The third kappa shape index (κ3) is 12.4. The predicted octanol–water partition coefficient (Wildman–Crippen LogP) is 7.95. The average Bonchev–Trinajstić information content (AvgIpc) is 4.20. The van der Waals surface area contributed by atoms with E-state index >= 15 is 8.78 Å². The van der Waals surface area contributed by atoms with Crippen molar-refractivity contribution in [2.75, 3.05) is 44.2 Å². The highest BCUT2D eigenvalue weighted by molar-refractivity contribution is 6.03. The number of hydrogen-bond acceptors (Lipinski definition) is 13. The van der Waals surface area contributed by atoms with Gasteiger partial charge in [0.05, 0.1) is 17.1 Å². The van der Waals surface area contributed by atoms with Crippen LogP contribution >= 0.6 is 0 Å². The molecule has 7 heterocycles. The maximum atomic E-state index is 17.1. The van der Waals surface area contributed by atoms with Crippen LogP contribution in [0.4, 0.5) is 14.6 Å². The number of carbonyl (C=O) groups is 3. The lowest BCUT2D eigenvalue weighted by Gasteiger charge is -2.35. The summed E-state index contributed by atoms with van der Waals surface area (Å²) in [6, 6.07) is 12.4. The SMILES string of the molecule is C#Cc1c(F)ccc2cc(O)cc(-c3ncc4c(N5CC6CCC(C5)N6)nc(OC5CCN(CCCCCCCC(=O)NC(C(=O)N6C[C@H](O)CC6C(=O)NCc6ccc(C7=C(C)N=CC7)cc6)C(C)(C)C)CC5)nc4c3F)c12. The van der Waals surface area contributed by atoms with Crippen molar-refractivity contribution in [3.05, 3.63) is 88.7 Å². The first kappa shape index (κ1) is 55.3. The number of halogens is 2. The number of carbonyl (C=O) groups excluding carboxylic acids is 3. The first-order valence-electron chi connectivity index (χ1n) is 28.1. The van der Waals surface area contributed by atoms with Crippen LogP contribution in [0.3, 0.4) is 0 Å². The number of ether oxygens (including phenoxy) is 1. The van der Waals surface area contributed by atoms with Crippen molar-refractivity contribution in [1.82, 2.24) is 40.7 Å². The Morgan fingerprint density at radius 3 is 2.39 bits per heavy atom. The van der Waals surface area contributed by atoms with Crippen LogP contribution in [0.15, 0.2) is 65.4 Å². The Labute approximate surface area is 460 Å². The van der Waals surface area contributed by atoms with Crippen LogP contribution in [-0.2, 0) is 20.9 Å². The number of nitrogens with zero attached hydrogens (tertiary/aromatic N) is 7. The van der Waals surface area contributed by atoms with E-state index in [1.54, 1.807) is 6.20 Å². The summed E-state index contributed by atoms with van der Waals surface area (Å²) in [4.78, 5) is 65.6. The van der Waals surface area contributed by atoms with Crippen LogP contribution in [-0.4, -0.2) is 135 Å². The molecule has 0 saturated carbocycles. The normalized spacial score (nSPS) is 21.0. The van der Waals surface area contributed by atoms with Gasteiger partial charge in [0.1, 0.15) is 46.8 Å². The number of aliphatic hydroxyl groups excluding tert-OH is 1. The number of phenolic OH excluding ortho intramolecular Hbond substituents is 1. The van der Waals surface area contributed by atoms with E-state index in [0.29, 0.717) is 36.1 Å². The lowest BCUT2D eigenvalue weighted by Crippen LogP contribution is -2.57. The Balaban J connectivity index is 0.690. The number of phenols is 1. The second-order valence-corrected chi connectivity index (χ2v) is 23.1. The molecular weight excluding hydrogens is 1010 g/mol. The van der Waals surface area contributed by atoms with E-state index in [2.05, 4.69) is 46.6 Å². The van der Waals surface area contributed by atoms with Gasteiger partial charge in [-0.25, -0.2) is 8.78 Å². The molecule has 5 atom stereocenters. The Bertz CT molecular complexity index is 3210. The van der Waals surface area contributed by atoms with Crippen molar-refractivity contribution in [2.24, 2.45) is 10.4 Å². The molecule has 4 saturated heterocycles. The molecule has 10 rings (SSSR count). The monoisotopic (exact) mass is 1080 g/mol. The molecule has 2 bridgehead atoms. The van der Waals surface area contributed by atoms with Gasteiger partial charge in [-0.3, -0.25) is 24.4 Å². The molecule has 16 nitrogen and oxygen atoms in total. The molecule has 5 N–H and O–H groups in total. The summed E-state index contributed by atoms with van der Waals surface area (Å²) < 4.78 is 38.6. The molecule has 5 aliphatic heterocycles. The smallest absolute Gasteiger partial charge is 0.319 e. The molecule has 0 spiro atoms. The zero-order valence-electron chi connectivity index (χ0n) is 45.7. The quantitative estimate of drug-likeness (QED) is 0.0420. The molecule has 3 aromatic carbocycles. The predicted molar refractivity (Wildman–Crippen MR) is 301 cm³/mol. The number of amides is 3. The van der Waals surface area contributed by atoms with Gasteiger partial charge >= 0.3 is 6.01 Å². The van der Waals surface area contributed by atoms with Crippen molar-refractivity contribution >= 4 is 57.0 Å². The highest BCUT2D eigenvalue weighted by Gasteiger charge is 2.44. The third-order valence-electron chi connectivity index (χ3n) is 16.4. The maximum absolute atomic E-state index is 17.1. The number of allylic oxidation sites excluding steroid dienone is 2. The number of benzene rings is 3. The van der Waals surface area contributed by atoms with E-state index in [1.807, 2.05) is 58.2 Å². The van der Waals surface area contributed by atoms with E-state index in [-0.39, 0.29) is 101 Å². The minimum atomic E-state index is -0.880. The number of likely N-dealkylation sites (tertiary alicyclic amines) is 2. The zero-order chi connectivity index (χ0) is 55.5. The van der Waals surface area contributed by atoms with E-state index in [9.17, 15) is 24.6 Å². The van der Waals surface area contributed by atoms with Crippen molar-refractivity contribution in [1.29, 1.82) is 0 Å². The van der Waals surface area contributed by atoms with Gasteiger partial charge in [-0.1, -0.05) is 76.3 Å². The number of aliphatic hydroxyl groups is 1. The summed E-state index contributed by atoms with van der Waals surface area (Å²) in [7, 11) is 0. The zero-order valence-corrected chi connectivity index (χ0v) is 45.7. The number of rotatable bonds is 18. The second kappa shape index (κ2) is 23.7. The van der Waals surface area contributed by atoms with Gasteiger partial charge in [0, 0.05) is 99.7 Å². The molecule has 18 heteroatoms. The maximum Gasteiger partial charge on any atom is 0.319 e. The number of fused-ring (bicyclic) bond motifs is 4. The first-order valence-corrected chi connectivity index (χ1v) is 28.1. The highest BCUT2D eigenvalue weighted by atomic mass is 19.1. The number of nitrogens with one attached hydrogen (secondary N) is 3. The Morgan fingerprint density at radius 2 is 1.68 bits per heavy atom. The molecule has 416 valence electrons. The van der Waals surface area contributed by atoms with Crippen LogP contribution in [0, 0.1) is 29.4 Å². The van der Waals surface area contributed by atoms with Gasteiger partial charge in [-0.2, -0.15) is 9.97 Å². The third-order valence-corrected chi connectivity index (χ3v) is 16.4. The lowest BCUT2D eigenvalue weighted by atomic mass is 9.85. The molecule has 5 aliphatic rings. The van der Waals surface area contributed by atoms with E-state index in [4.69, 9.17) is 16.1 Å². The fourth-order valence-corrected chi connectivity index (χ4v) is 12.1. The molecule has 3 amide bonds. The van der Waals surface area contributed by atoms with Gasteiger partial charge in [-0.15, -0.1) is 6.42 Å². The molecule has 5 aromatic rings. The lowest BCUT2D eigenvalue weighted by molar-refractivity contribution is -0.144. The van der Waals surface area contributed by atoms with Gasteiger partial charge < -0.3 is 45.6 Å². The van der Waals surface area contributed by atoms with Crippen molar-refractivity contribution in [2.45, 2.75) is 148 Å².